The van der Waals surface area contributed by atoms with Crippen molar-refractivity contribution in [3.8, 4) is 0 Å². The lowest BCUT2D eigenvalue weighted by Crippen LogP contribution is -1.90. The number of carbonyl (C=O) groups excluding carboxylic acids is 1. The van der Waals surface area contributed by atoms with E-state index in [0.717, 1.165) is 0 Å². The number of nitrogens with zero attached hydrogens (tertiary/aromatic N) is 6. The van der Waals surface area contributed by atoms with Crippen molar-refractivity contribution in [3.63, 3.8) is 0 Å². The Morgan fingerprint density at radius 3 is 2.12 bits per heavy atom. The summed E-state index contributed by atoms with van der Waals surface area (Å²) in [7, 11) is 3.46. The van der Waals surface area contributed by atoms with Crippen molar-refractivity contribution in [2.75, 3.05) is 0 Å². The van der Waals surface area contributed by atoms with Crippen LogP contribution in [0.4, 0.5) is 0 Å². The summed E-state index contributed by atoms with van der Waals surface area (Å²) in [6.07, 6.45) is 3.63. The lowest BCUT2D eigenvalue weighted by molar-refractivity contribution is 0.111. The summed E-state index contributed by atoms with van der Waals surface area (Å²) in [5, 5.41) is 15.9. The third kappa shape index (κ3) is 3.58. The molecule has 2 aromatic heterocycles. The first kappa shape index (κ1) is 12.0. The second-order valence-corrected chi connectivity index (χ2v) is 2.89. The van der Waals surface area contributed by atoms with Crippen LogP contribution in [0.2, 0.25) is 0 Å². The molecule has 0 atom stereocenters. The first-order valence-corrected chi connectivity index (χ1v) is 4.42. The molecule has 0 amide bonds. The van der Waals surface area contributed by atoms with Gasteiger partial charge in [-0.25, -0.2) is 9.97 Å². The monoisotopic (exact) mass is 224 g/mol. The van der Waals surface area contributed by atoms with Crippen molar-refractivity contribution in [1.82, 2.24) is 29.5 Å². The lowest BCUT2D eigenvalue weighted by Gasteiger charge is -1.80. The molecule has 0 bridgehead atoms. The molecule has 0 saturated carbocycles. The molecule has 0 saturated heterocycles. The van der Waals surface area contributed by atoms with Gasteiger partial charge in [0.15, 0.2) is 12.1 Å². The number of aliphatic hydroxyl groups excluding tert-OH is 1. The molecule has 86 valence electrons. The normalized spacial score (nSPS) is 9.44. The highest BCUT2D eigenvalue weighted by molar-refractivity contribution is 5.68. The van der Waals surface area contributed by atoms with Crippen molar-refractivity contribution < 1.29 is 9.90 Å². The second kappa shape index (κ2) is 5.71. The van der Waals surface area contributed by atoms with Crippen LogP contribution in [0.3, 0.4) is 0 Å². The maximum absolute atomic E-state index is 9.88. The highest BCUT2D eigenvalue weighted by Gasteiger charge is 1.91. The van der Waals surface area contributed by atoms with E-state index in [4.69, 9.17) is 5.11 Å². The summed E-state index contributed by atoms with van der Waals surface area (Å²) in [6, 6.07) is 0. The number of aromatic nitrogens is 6. The highest BCUT2D eigenvalue weighted by Crippen LogP contribution is 1.83. The highest BCUT2D eigenvalue weighted by atomic mass is 16.3. The Morgan fingerprint density at radius 1 is 1.25 bits per heavy atom. The predicted octanol–water partition coefficient (Wildman–Crippen LogP) is -1.07. The van der Waals surface area contributed by atoms with Crippen LogP contribution in [0.25, 0.3) is 0 Å². The van der Waals surface area contributed by atoms with Crippen LogP contribution in [-0.2, 0) is 20.7 Å². The summed E-state index contributed by atoms with van der Waals surface area (Å²) < 4.78 is 3.02. The molecule has 0 unspecified atom stereocenters. The van der Waals surface area contributed by atoms with E-state index < -0.39 is 0 Å². The van der Waals surface area contributed by atoms with Gasteiger partial charge in [0.1, 0.15) is 19.3 Å². The van der Waals surface area contributed by atoms with E-state index in [0.29, 0.717) is 12.1 Å². The quantitative estimate of drug-likeness (QED) is 0.652. The van der Waals surface area contributed by atoms with Gasteiger partial charge in [-0.05, 0) is 0 Å². The van der Waals surface area contributed by atoms with Crippen LogP contribution in [0.1, 0.15) is 16.4 Å². The first-order valence-electron chi connectivity index (χ1n) is 4.42. The zero-order valence-corrected chi connectivity index (χ0v) is 8.98. The van der Waals surface area contributed by atoms with Gasteiger partial charge in [0.2, 0.25) is 5.82 Å². The van der Waals surface area contributed by atoms with Crippen LogP contribution in [0, 0.1) is 0 Å². The number of aldehydes is 1. The Balaban J connectivity index is 0.000000160. The van der Waals surface area contributed by atoms with E-state index in [1.54, 1.807) is 25.1 Å². The minimum atomic E-state index is -0.0825. The van der Waals surface area contributed by atoms with Gasteiger partial charge in [0, 0.05) is 14.1 Å². The minimum absolute atomic E-state index is 0.0825. The fraction of sp³-hybridized carbons (Fsp3) is 0.375. The number of hydrogen-bond acceptors (Lipinski definition) is 6. The van der Waals surface area contributed by atoms with Crippen LogP contribution < -0.4 is 0 Å². The number of rotatable bonds is 2. The molecule has 0 aliphatic carbocycles. The summed E-state index contributed by atoms with van der Waals surface area (Å²) in [6.45, 7) is -0.0825. The van der Waals surface area contributed by atoms with Gasteiger partial charge in [-0.15, -0.1) is 5.10 Å². The van der Waals surface area contributed by atoms with Gasteiger partial charge in [-0.3, -0.25) is 14.2 Å². The molecule has 0 radical (unpaired) electrons. The minimum Gasteiger partial charge on any atom is -0.388 e. The maximum Gasteiger partial charge on any atom is 0.213 e. The van der Waals surface area contributed by atoms with Crippen LogP contribution in [-0.4, -0.2) is 40.9 Å². The van der Waals surface area contributed by atoms with E-state index in [-0.39, 0.29) is 12.4 Å². The topological polar surface area (TPSA) is 98.7 Å². The Bertz CT molecular complexity index is 449. The maximum atomic E-state index is 9.88. The predicted molar refractivity (Wildman–Crippen MR) is 53.3 cm³/mol. The van der Waals surface area contributed by atoms with Gasteiger partial charge >= 0.3 is 0 Å². The van der Waals surface area contributed by atoms with E-state index >= 15 is 0 Å². The Kier molecular flexibility index (Phi) is 4.28. The summed E-state index contributed by atoms with van der Waals surface area (Å²) in [5.74, 6) is 0.694. The molecule has 1 N–H and O–H groups in total. The molecule has 2 aromatic rings. The van der Waals surface area contributed by atoms with Crippen molar-refractivity contribution >= 4 is 6.29 Å². The largest absolute Gasteiger partial charge is 0.388 e. The SMILES string of the molecule is Cn1cnc(C=O)n1.Cn1cnc(CO)n1. The number of hydrogen-bond donors (Lipinski definition) is 1. The number of aryl methyl sites for hydroxylation is 2. The molecule has 2 rings (SSSR count). The first-order chi connectivity index (χ1) is 7.65. The van der Waals surface area contributed by atoms with Gasteiger partial charge in [-0.2, -0.15) is 5.10 Å². The molecule has 0 aliphatic rings. The van der Waals surface area contributed by atoms with Gasteiger partial charge in [-0.1, -0.05) is 0 Å². The third-order valence-corrected chi connectivity index (χ3v) is 1.51. The molecule has 8 heteroatoms. The zero-order valence-electron chi connectivity index (χ0n) is 8.98. The summed E-state index contributed by atoms with van der Waals surface area (Å²) >= 11 is 0. The number of carbonyl (C=O) groups is 1. The van der Waals surface area contributed by atoms with Crippen molar-refractivity contribution in [2.45, 2.75) is 6.61 Å². The van der Waals surface area contributed by atoms with Crippen LogP contribution in [0.15, 0.2) is 12.7 Å². The fourth-order valence-electron chi connectivity index (χ4n) is 0.866. The van der Waals surface area contributed by atoms with E-state index in [1.807, 2.05) is 0 Å². The van der Waals surface area contributed by atoms with E-state index in [1.165, 1.54) is 11.0 Å². The summed E-state index contributed by atoms with van der Waals surface area (Å²) in [5.41, 5.74) is 0. The molecule has 0 aliphatic heterocycles. The molecule has 2 heterocycles. The van der Waals surface area contributed by atoms with Crippen molar-refractivity contribution in [3.05, 3.63) is 24.3 Å². The molecule has 0 fully saturated rings. The number of aliphatic hydroxyl groups is 1. The van der Waals surface area contributed by atoms with Crippen LogP contribution in [0.5, 0.6) is 0 Å². The second-order valence-electron chi connectivity index (χ2n) is 2.89. The zero-order chi connectivity index (χ0) is 12.0. The van der Waals surface area contributed by atoms with Crippen molar-refractivity contribution in [2.24, 2.45) is 14.1 Å². The molecule has 16 heavy (non-hydrogen) atoms. The smallest absolute Gasteiger partial charge is 0.213 e. The standard InChI is InChI=1S/C4H7N3O.C4H5N3O/c2*1-7-3-5-4(2-8)6-7/h3,8H,2H2,1H3;2-3H,1H3. The molecular formula is C8H12N6O2. The summed E-state index contributed by atoms with van der Waals surface area (Å²) in [4.78, 5) is 17.2. The van der Waals surface area contributed by atoms with E-state index in [9.17, 15) is 4.79 Å². The Labute approximate surface area is 91.6 Å². The average Bonchev–Trinajstić information content (AvgIpc) is 2.88. The van der Waals surface area contributed by atoms with Crippen molar-refractivity contribution in [1.29, 1.82) is 0 Å². The average molecular weight is 224 g/mol. The molecule has 8 nitrogen and oxygen atoms in total. The van der Waals surface area contributed by atoms with Crippen LogP contribution >= 0.6 is 0 Å². The molecule has 0 spiro atoms. The Hall–Kier alpha value is -2.09. The Morgan fingerprint density at radius 2 is 1.88 bits per heavy atom. The fourth-order valence-corrected chi connectivity index (χ4v) is 0.866. The van der Waals surface area contributed by atoms with Gasteiger partial charge < -0.3 is 5.11 Å². The van der Waals surface area contributed by atoms with E-state index in [2.05, 4.69) is 20.2 Å². The van der Waals surface area contributed by atoms with Gasteiger partial charge in [0.25, 0.3) is 0 Å². The third-order valence-electron chi connectivity index (χ3n) is 1.51. The molecular weight excluding hydrogens is 212 g/mol. The lowest BCUT2D eigenvalue weighted by atomic mass is 10.7. The molecule has 0 aromatic carbocycles. The van der Waals surface area contributed by atoms with Gasteiger partial charge in [0.05, 0.1) is 0 Å².